The minimum Gasteiger partial charge on any atom is -1.00 e. The Labute approximate surface area is 210 Å². The molecule has 1 aliphatic carbocycles. The van der Waals surface area contributed by atoms with Crippen LogP contribution < -0.4 is 12.4 Å². The molecule has 0 spiro atoms. The second-order valence-corrected chi connectivity index (χ2v) is 11.3. The average molecular weight is 575 g/mol. The van der Waals surface area contributed by atoms with Crippen LogP contribution >= 0.6 is 45.8 Å². The highest BCUT2D eigenvalue weighted by molar-refractivity contribution is 14.1. The molecule has 2 unspecified atom stereocenters. The minimum atomic E-state index is -0.138. The lowest BCUT2D eigenvalue weighted by Gasteiger charge is -2.44. The minimum absolute atomic E-state index is 0. The van der Waals surface area contributed by atoms with E-state index in [1.807, 2.05) is 12.2 Å². The lowest BCUT2D eigenvalue weighted by Crippen LogP contribution is -3.00. The lowest BCUT2D eigenvalue weighted by molar-refractivity contribution is -0.922. The summed E-state index contributed by atoms with van der Waals surface area (Å²) in [4.78, 5) is 0. The fourth-order valence-corrected chi connectivity index (χ4v) is 5.69. The first kappa shape index (κ1) is 29.6. The van der Waals surface area contributed by atoms with E-state index in [1.54, 1.807) is 0 Å². The number of unbranched alkanes of at least 4 members (excludes halogenated alkanes) is 8. The van der Waals surface area contributed by atoms with Gasteiger partial charge in [0.1, 0.15) is 9.97 Å². The molecule has 0 heterocycles. The molecule has 29 heavy (non-hydrogen) atoms. The van der Waals surface area contributed by atoms with Gasteiger partial charge in [0, 0.05) is 5.03 Å². The van der Waals surface area contributed by atoms with Gasteiger partial charge in [0.15, 0.2) is 0 Å². The van der Waals surface area contributed by atoms with Crippen molar-refractivity contribution in [2.75, 3.05) is 26.2 Å². The van der Waals surface area contributed by atoms with Gasteiger partial charge in [-0.3, -0.25) is 0 Å². The Balaban J connectivity index is 0.00000784. The Morgan fingerprint density at radius 3 is 2.00 bits per heavy atom. The van der Waals surface area contributed by atoms with Crippen molar-refractivity contribution >= 4 is 45.8 Å². The Morgan fingerprint density at radius 2 is 1.55 bits per heavy atom. The van der Waals surface area contributed by atoms with Crippen molar-refractivity contribution in [3.63, 3.8) is 0 Å². The van der Waals surface area contributed by atoms with E-state index in [2.05, 4.69) is 48.4 Å². The largest absolute Gasteiger partial charge is 1.00 e. The van der Waals surface area contributed by atoms with Gasteiger partial charge in [-0.2, -0.15) is 0 Å². The van der Waals surface area contributed by atoms with Crippen molar-refractivity contribution in [2.24, 2.45) is 0 Å². The predicted octanol–water partition coefficient (Wildman–Crippen LogP) is 4.85. The summed E-state index contributed by atoms with van der Waals surface area (Å²) < 4.78 is 0.845. The molecule has 0 aliphatic heterocycles. The van der Waals surface area contributed by atoms with Gasteiger partial charge >= 0.3 is 0 Å². The second-order valence-electron chi connectivity index (χ2n) is 8.35. The van der Waals surface area contributed by atoms with Crippen molar-refractivity contribution in [2.45, 2.75) is 86.9 Å². The van der Waals surface area contributed by atoms with Crippen LogP contribution in [0.1, 0.15) is 78.1 Å². The summed E-state index contributed by atoms with van der Waals surface area (Å²) >= 11 is 15.5. The van der Waals surface area contributed by atoms with Crippen LogP contribution in [0.5, 0.6) is 0 Å². The molecule has 1 nitrogen and oxygen atoms in total. The number of hydrogen-bond donors (Lipinski definition) is 0. The third-order valence-corrected chi connectivity index (χ3v) is 8.27. The quantitative estimate of drug-likeness (QED) is 0.0862. The van der Waals surface area contributed by atoms with Crippen LogP contribution in [0.2, 0.25) is 0 Å². The summed E-state index contributed by atoms with van der Waals surface area (Å²) in [7, 11) is 0. The van der Waals surface area contributed by atoms with Gasteiger partial charge < -0.3 is 16.9 Å². The Bertz CT molecular complexity index is 527. The molecule has 0 N–H and O–H groups in total. The summed E-state index contributed by atoms with van der Waals surface area (Å²) in [5, 5.41) is 0.641. The van der Waals surface area contributed by atoms with E-state index in [-0.39, 0.29) is 21.2 Å². The third-order valence-electron chi connectivity index (χ3n) is 5.76. The topological polar surface area (TPSA) is 0 Å². The highest BCUT2D eigenvalue weighted by Crippen LogP contribution is 2.38. The van der Waals surface area contributed by atoms with Gasteiger partial charge in [0.05, 0.1) is 25.0 Å². The Kier molecular flexibility index (Phi) is 16.6. The smallest absolute Gasteiger partial charge is 0.140 e. The molecule has 0 radical (unpaired) electrons. The Morgan fingerprint density at radius 1 is 1.03 bits per heavy atom. The van der Waals surface area contributed by atoms with Crippen LogP contribution in [0, 0.1) is 12.3 Å². The first-order valence-corrected chi connectivity index (χ1v) is 13.0. The van der Waals surface area contributed by atoms with E-state index >= 15 is 0 Å². The van der Waals surface area contributed by atoms with Crippen LogP contribution in [0.3, 0.4) is 0 Å². The van der Waals surface area contributed by atoms with Crippen molar-refractivity contribution in [3.05, 3.63) is 23.3 Å². The molecule has 0 aromatic heterocycles. The van der Waals surface area contributed by atoms with Crippen LogP contribution in [-0.4, -0.2) is 39.5 Å². The lowest BCUT2D eigenvalue weighted by atomic mass is 9.97. The first-order chi connectivity index (χ1) is 13.4. The average Bonchev–Trinajstić information content (AvgIpc) is 2.65. The Hall–Kier alpha value is 0.600. The standard InChI is InChI=1S/C24H39Cl2IN.ClH/c1-4-7-9-11-13-18-28(17-6-3,19-14-12-10-8-5-2)21-24(27)16-15-22(25)20-23(24)26;/h3,15-16,20,23H,4-5,7-14,17-19,21H2,1-2H3;1H/q+1;/p-1. The van der Waals surface area contributed by atoms with Crippen molar-refractivity contribution in [3.8, 4) is 12.3 Å². The molecule has 0 fully saturated rings. The van der Waals surface area contributed by atoms with Gasteiger partial charge in [-0.05, 0) is 43.8 Å². The van der Waals surface area contributed by atoms with E-state index in [4.69, 9.17) is 29.6 Å². The summed E-state index contributed by atoms with van der Waals surface area (Å²) in [6.07, 6.45) is 25.0. The van der Waals surface area contributed by atoms with E-state index in [9.17, 15) is 0 Å². The molecule has 0 saturated carbocycles. The normalized spacial score (nSPS) is 21.4. The molecule has 5 heteroatoms. The molecule has 1 aliphatic rings. The first-order valence-electron chi connectivity index (χ1n) is 11.1. The summed E-state index contributed by atoms with van der Waals surface area (Å²) in [5.41, 5.74) is 0. The predicted molar refractivity (Wildman–Crippen MR) is 136 cm³/mol. The summed E-state index contributed by atoms with van der Waals surface area (Å²) in [5.74, 6) is 3.00. The number of halogens is 4. The number of alkyl halides is 2. The summed E-state index contributed by atoms with van der Waals surface area (Å²) in [6.45, 7) is 8.61. The zero-order valence-electron chi connectivity index (χ0n) is 18.2. The van der Waals surface area contributed by atoms with Gasteiger partial charge in [-0.15, -0.1) is 18.0 Å². The molecule has 0 aromatic carbocycles. The fraction of sp³-hybridized carbons (Fsp3) is 0.750. The van der Waals surface area contributed by atoms with E-state index in [0.717, 1.165) is 35.7 Å². The molecule has 1 rings (SSSR count). The molecule has 0 saturated heterocycles. The second kappa shape index (κ2) is 16.3. The third kappa shape index (κ3) is 11.2. The molecular weight excluding hydrogens is 536 g/mol. The number of hydrogen-bond acceptors (Lipinski definition) is 0. The van der Waals surface area contributed by atoms with Crippen LogP contribution in [0.15, 0.2) is 23.3 Å². The van der Waals surface area contributed by atoms with E-state index in [0.29, 0.717) is 0 Å². The summed E-state index contributed by atoms with van der Waals surface area (Å²) in [6, 6.07) is 0. The number of quaternary nitrogens is 1. The van der Waals surface area contributed by atoms with Gasteiger partial charge in [-0.25, -0.2) is 0 Å². The highest BCUT2D eigenvalue weighted by Gasteiger charge is 2.42. The molecule has 168 valence electrons. The number of terminal acetylenes is 1. The molecular formula is C24H39Cl3IN. The molecule has 0 bridgehead atoms. The van der Waals surface area contributed by atoms with Gasteiger partial charge in [0.2, 0.25) is 0 Å². The zero-order valence-corrected chi connectivity index (χ0v) is 22.7. The number of rotatable bonds is 15. The van der Waals surface area contributed by atoms with Crippen LogP contribution in [0.4, 0.5) is 0 Å². The number of nitrogens with zero attached hydrogens (tertiary/aromatic N) is 1. The molecule has 0 amide bonds. The van der Waals surface area contributed by atoms with E-state index in [1.165, 1.54) is 64.2 Å². The van der Waals surface area contributed by atoms with Crippen molar-refractivity contribution < 1.29 is 16.9 Å². The zero-order chi connectivity index (χ0) is 20.9. The maximum atomic E-state index is 6.75. The van der Waals surface area contributed by atoms with Gasteiger partial charge in [-0.1, -0.05) is 92.6 Å². The maximum Gasteiger partial charge on any atom is 0.140 e. The van der Waals surface area contributed by atoms with Crippen LogP contribution in [-0.2, 0) is 0 Å². The maximum absolute atomic E-state index is 6.75. The monoisotopic (exact) mass is 573 g/mol. The van der Waals surface area contributed by atoms with Crippen LogP contribution in [0.25, 0.3) is 0 Å². The number of allylic oxidation sites excluding steroid dienone is 3. The van der Waals surface area contributed by atoms with Gasteiger partial charge in [0.25, 0.3) is 0 Å². The SMILES string of the molecule is C#CC[N+](CCCCCCC)(CCCCCCC)CC1(I)C=CC(Cl)=CC1Cl.[Cl-]. The van der Waals surface area contributed by atoms with Crippen molar-refractivity contribution in [1.82, 2.24) is 0 Å². The van der Waals surface area contributed by atoms with Crippen molar-refractivity contribution in [1.29, 1.82) is 0 Å². The molecule has 0 aromatic rings. The fourth-order valence-electron chi connectivity index (χ4n) is 4.08. The molecule has 2 atom stereocenters. The van der Waals surface area contributed by atoms with E-state index < -0.39 is 0 Å². The highest BCUT2D eigenvalue weighted by atomic mass is 127.